The average molecular weight is 425 g/mol. The lowest BCUT2D eigenvalue weighted by atomic mass is 10.1. The second-order valence-electron chi connectivity index (χ2n) is 9.80. The lowest BCUT2D eigenvalue weighted by Crippen LogP contribution is -2.35. The topological polar surface area (TPSA) is 6.48 Å². The summed E-state index contributed by atoms with van der Waals surface area (Å²) < 4.78 is 0. The maximum Gasteiger partial charge on any atom is 0.0109 e. The molecule has 30 heavy (non-hydrogen) atoms. The van der Waals surface area contributed by atoms with Crippen molar-refractivity contribution in [1.29, 1.82) is 0 Å². The van der Waals surface area contributed by atoms with Gasteiger partial charge in [0.25, 0.3) is 0 Å². The molecule has 0 heterocycles. The van der Waals surface area contributed by atoms with Gasteiger partial charge in [-0.05, 0) is 45.9 Å². The highest BCUT2D eigenvalue weighted by Crippen LogP contribution is 2.10. The standard InChI is InChI=1S/C28H60N2/c1-5-8-11-14-17-18-21-24-29(4)27-28-30(25-22-19-15-12-9-6-2)26-23-20-16-13-10-7-3/h5-28H2,1-4H3. The largest absolute Gasteiger partial charge is 0.305 e. The Kier molecular flexibility index (Phi) is 25.1. The van der Waals surface area contributed by atoms with Crippen LogP contribution in [0, 0.1) is 0 Å². The second-order valence-corrected chi connectivity index (χ2v) is 9.80. The predicted octanol–water partition coefficient (Wildman–Crippen LogP) is 8.69. The molecule has 0 fully saturated rings. The van der Waals surface area contributed by atoms with Gasteiger partial charge in [-0.1, -0.05) is 124 Å². The molecule has 0 N–H and O–H groups in total. The second kappa shape index (κ2) is 25.2. The monoisotopic (exact) mass is 424 g/mol. The maximum absolute atomic E-state index is 2.78. The third-order valence-electron chi connectivity index (χ3n) is 6.60. The molecule has 0 aliphatic heterocycles. The fourth-order valence-corrected chi connectivity index (χ4v) is 4.33. The van der Waals surface area contributed by atoms with E-state index in [0.29, 0.717) is 0 Å². The van der Waals surface area contributed by atoms with Crippen molar-refractivity contribution in [2.45, 2.75) is 143 Å². The van der Waals surface area contributed by atoms with Gasteiger partial charge in [0.1, 0.15) is 0 Å². The minimum absolute atomic E-state index is 1.25. The Hall–Kier alpha value is -0.0800. The average Bonchev–Trinajstić information content (AvgIpc) is 2.75. The van der Waals surface area contributed by atoms with Crippen LogP contribution in [0.15, 0.2) is 0 Å². The first kappa shape index (κ1) is 29.9. The van der Waals surface area contributed by atoms with Crippen molar-refractivity contribution in [3.05, 3.63) is 0 Å². The highest BCUT2D eigenvalue weighted by atomic mass is 15.2. The number of unbranched alkanes of at least 4 members (excludes halogenated alkanes) is 16. The van der Waals surface area contributed by atoms with E-state index in [2.05, 4.69) is 37.6 Å². The Bertz CT molecular complexity index is 289. The van der Waals surface area contributed by atoms with Crippen LogP contribution in [0.2, 0.25) is 0 Å². The quantitative estimate of drug-likeness (QED) is 0.135. The van der Waals surface area contributed by atoms with E-state index in [0.717, 1.165) is 0 Å². The van der Waals surface area contributed by atoms with E-state index in [-0.39, 0.29) is 0 Å². The van der Waals surface area contributed by atoms with Gasteiger partial charge in [-0.3, -0.25) is 0 Å². The van der Waals surface area contributed by atoms with Gasteiger partial charge in [-0.2, -0.15) is 0 Å². The van der Waals surface area contributed by atoms with Crippen LogP contribution in [-0.2, 0) is 0 Å². The molecule has 0 saturated carbocycles. The third-order valence-corrected chi connectivity index (χ3v) is 6.60. The van der Waals surface area contributed by atoms with Gasteiger partial charge in [0.05, 0.1) is 0 Å². The molecule has 0 saturated heterocycles. The molecule has 0 unspecified atom stereocenters. The molecule has 182 valence electrons. The first-order chi connectivity index (χ1) is 14.7. The van der Waals surface area contributed by atoms with E-state index in [4.69, 9.17) is 0 Å². The minimum atomic E-state index is 1.25. The van der Waals surface area contributed by atoms with Crippen molar-refractivity contribution in [3.8, 4) is 0 Å². The van der Waals surface area contributed by atoms with E-state index in [9.17, 15) is 0 Å². The summed E-state index contributed by atoms with van der Waals surface area (Å²) in [4.78, 5) is 5.36. The van der Waals surface area contributed by atoms with Gasteiger partial charge in [-0.25, -0.2) is 0 Å². The van der Waals surface area contributed by atoms with Gasteiger partial charge in [0, 0.05) is 13.1 Å². The van der Waals surface area contributed by atoms with Crippen LogP contribution in [0.1, 0.15) is 143 Å². The van der Waals surface area contributed by atoms with Gasteiger partial charge < -0.3 is 9.80 Å². The Morgan fingerprint density at radius 1 is 0.333 bits per heavy atom. The van der Waals surface area contributed by atoms with E-state index in [1.165, 1.54) is 155 Å². The van der Waals surface area contributed by atoms with Crippen LogP contribution in [0.4, 0.5) is 0 Å². The van der Waals surface area contributed by atoms with E-state index >= 15 is 0 Å². The van der Waals surface area contributed by atoms with Gasteiger partial charge in [-0.15, -0.1) is 0 Å². The first-order valence-electron chi connectivity index (χ1n) is 14.1. The molecule has 0 amide bonds. The molecule has 0 aliphatic carbocycles. The summed E-state index contributed by atoms with van der Waals surface area (Å²) in [5.74, 6) is 0. The Balaban J connectivity index is 3.93. The zero-order valence-electron chi connectivity index (χ0n) is 21.9. The van der Waals surface area contributed by atoms with Crippen LogP contribution < -0.4 is 0 Å². The molecule has 2 heteroatoms. The van der Waals surface area contributed by atoms with Crippen molar-refractivity contribution in [2.24, 2.45) is 0 Å². The van der Waals surface area contributed by atoms with Crippen LogP contribution in [0.25, 0.3) is 0 Å². The van der Waals surface area contributed by atoms with Crippen LogP contribution >= 0.6 is 0 Å². The Morgan fingerprint density at radius 3 is 1.07 bits per heavy atom. The number of likely N-dealkylation sites (N-methyl/N-ethyl adjacent to an activating group) is 1. The van der Waals surface area contributed by atoms with Gasteiger partial charge >= 0.3 is 0 Å². The molecule has 0 aromatic heterocycles. The zero-order valence-corrected chi connectivity index (χ0v) is 21.9. The summed E-state index contributed by atoms with van der Waals surface area (Å²) in [6, 6.07) is 0. The summed E-state index contributed by atoms with van der Waals surface area (Å²) in [6.45, 7) is 13.4. The number of nitrogens with zero attached hydrogens (tertiary/aromatic N) is 2. The molecule has 0 aliphatic rings. The van der Waals surface area contributed by atoms with Gasteiger partial charge in [0.15, 0.2) is 0 Å². The molecular weight excluding hydrogens is 364 g/mol. The summed E-state index contributed by atoms with van der Waals surface area (Å²) in [5, 5.41) is 0. The Labute approximate surface area is 192 Å². The molecule has 0 radical (unpaired) electrons. The summed E-state index contributed by atoms with van der Waals surface area (Å²) in [5.41, 5.74) is 0. The highest BCUT2D eigenvalue weighted by Gasteiger charge is 2.07. The minimum Gasteiger partial charge on any atom is -0.305 e. The number of rotatable bonds is 25. The van der Waals surface area contributed by atoms with E-state index < -0.39 is 0 Å². The molecule has 2 nitrogen and oxygen atoms in total. The van der Waals surface area contributed by atoms with Crippen LogP contribution in [0.3, 0.4) is 0 Å². The van der Waals surface area contributed by atoms with Crippen LogP contribution in [-0.4, -0.2) is 49.6 Å². The molecule has 0 spiro atoms. The van der Waals surface area contributed by atoms with E-state index in [1.807, 2.05) is 0 Å². The third kappa shape index (κ3) is 22.6. The van der Waals surface area contributed by atoms with Crippen molar-refractivity contribution >= 4 is 0 Å². The highest BCUT2D eigenvalue weighted by molar-refractivity contribution is 4.63. The molecule has 0 aromatic carbocycles. The predicted molar refractivity (Wildman–Crippen MR) is 139 cm³/mol. The molecule has 0 atom stereocenters. The SMILES string of the molecule is CCCCCCCCCN(C)CCN(CCCCCCCC)CCCCCCCC. The normalized spacial score (nSPS) is 11.8. The van der Waals surface area contributed by atoms with Gasteiger partial charge in [0.2, 0.25) is 0 Å². The first-order valence-corrected chi connectivity index (χ1v) is 14.1. The fraction of sp³-hybridized carbons (Fsp3) is 1.00. The van der Waals surface area contributed by atoms with Crippen molar-refractivity contribution in [1.82, 2.24) is 9.80 Å². The smallest absolute Gasteiger partial charge is 0.0109 e. The Morgan fingerprint density at radius 2 is 0.667 bits per heavy atom. The molecule has 0 rings (SSSR count). The summed E-state index contributed by atoms with van der Waals surface area (Å²) in [7, 11) is 2.34. The van der Waals surface area contributed by atoms with Crippen LogP contribution in [0.5, 0.6) is 0 Å². The van der Waals surface area contributed by atoms with Crippen molar-refractivity contribution in [2.75, 3.05) is 39.8 Å². The lowest BCUT2D eigenvalue weighted by Gasteiger charge is -2.25. The fourth-order valence-electron chi connectivity index (χ4n) is 4.33. The molecule has 0 aromatic rings. The van der Waals surface area contributed by atoms with Crippen molar-refractivity contribution in [3.63, 3.8) is 0 Å². The lowest BCUT2D eigenvalue weighted by molar-refractivity contribution is 0.215. The zero-order chi connectivity index (χ0) is 22.1. The summed E-state index contributed by atoms with van der Waals surface area (Å²) >= 11 is 0. The molecule has 0 bridgehead atoms. The van der Waals surface area contributed by atoms with E-state index in [1.54, 1.807) is 0 Å². The number of hydrogen-bond donors (Lipinski definition) is 0. The van der Waals surface area contributed by atoms with Crippen molar-refractivity contribution < 1.29 is 0 Å². The number of hydrogen-bond acceptors (Lipinski definition) is 2. The summed E-state index contributed by atoms with van der Waals surface area (Å²) in [6.07, 6.45) is 26.9. The maximum atomic E-state index is 2.78. The molecular formula is C28H60N2.